The van der Waals surface area contributed by atoms with E-state index in [9.17, 15) is 8.42 Å². The predicted molar refractivity (Wildman–Crippen MR) is 64.0 cm³/mol. The number of benzene rings is 1. The molecule has 0 radical (unpaired) electrons. The molecule has 16 heavy (non-hydrogen) atoms. The van der Waals surface area contributed by atoms with Crippen LogP contribution in [0.2, 0.25) is 0 Å². The SMILES string of the molecule is CNc1cccc(C#N)c1N(C)S(C)(=O)=O. The van der Waals surface area contributed by atoms with Gasteiger partial charge in [0.25, 0.3) is 0 Å². The van der Waals surface area contributed by atoms with Gasteiger partial charge in [-0.1, -0.05) is 6.07 Å². The van der Waals surface area contributed by atoms with Gasteiger partial charge in [-0.25, -0.2) is 8.42 Å². The lowest BCUT2D eigenvalue weighted by Crippen LogP contribution is -2.26. The predicted octanol–water partition coefficient (Wildman–Crippen LogP) is 0.996. The minimum absolute atomic E-state index is 0.319. The maximum Gasteiger partial charge on any atom is 0.232 e. The minimum Gasteiger partial charge on any atom is -0.386 e. The Bertz CT molecular complexity index is 531. The average molecular weight is 239 g/mol. The van der Waals surface area contributed by atoms with E-state index < -0.39 is 10.0 Å². The molecule has 0 aliphatic heterocycles. The van der Waals surface area contributed by atoms with E-state index in [2.05, 4.69) is 5.32 Å². The molecule has 0 saturated carbocycles. The molecule has 0 aromatic heterocycles. The summed E-state index contributed by atoms with van der Waals surface area (Å²) in [5.41, 5.74) is 1.29. The van der Waals surface area contributed by atoms with Crippen molar-refractivity contribution in [3.63, 3.8) is 0 Å². The molecule has 6 heteroatoms. The van der Waals surface area contributed by atoms with Crippen molar-refractivity contribution in [2.24, 2.45) is 0 Å². The van der Waals surface area contributed by atoms with Gasteiger partial charge in [0, 0.05) is 14.1 Å². The highest BCUT2D eigenvalue weighted by Gasteiger charge is 2.18. The fourth-order valence-corrected chi connectivity index (χ4v) is 1.87. The molecule has 0 heterocycles. The van der Waals surface area contributed by atoms with Gasteiger partial charge >= 0.3 is 0 Å². The summed E-state index contributed by atoms with van der Waals surface area (Å²) in [4.78, 5) is 0. The van der Waals surface area contributed by atoms with Crippen LogP contribution in [0.3, 0.4) is 0 Å². The summed E-state index contributed by atoms with van der Waals surface area (Å²) in [6.45, 7) is 0. The van der Waals surface area contributed by atoms with Crippen molar-refractivity contribution in [1.82, 2.24) is 0 Å². The van der Waals surface area contributed by atoms with Crippen molar-refractivity contribution < 1.29 is 8.42 Å². The van der Waals surface area contributed by atoms with Crippen molar-refractivity contribution >= 4 is 21.4 Å². The summed E-state index contributed by atoms with van der Waals surface area (Å²) in [5, 5.41) is 11.8. The van der Waals surface area contributed by atoms with Gasteiger partial charge in [0.1, 0.15) is 6.07 Å². The number of rotatable bonds is 3. The van der Waals surface area contributed by atoms with Gasteiger partial charge in [-0.3, -0.25) is 4.31 Å². The van der Waals surface area contributed by atoms with Crippen LogP contribution in [0.5, 0.6) is 0 Å². The second kappa shape index (κ2) is 4.41. The van der Waals surface area contributed by atoms with Crippen molar-refractivity contribution in [2.75, 3.05) is 30.0 Å². The molecule has 1 aromatic carbocycles. The van der Waals surface area contributed by atoms with E-state index in [1.165, 1.54) is 7.05 Å². The summed E-state index contributed by atoms with van der Waals surface area (Å²) in [7, 11) is -0.279. The van der Waals surface area contributed by atoms with Crippen molar-refractivity contribution in [3.05, 3.63) is 23.8 Å². The zero-order valence-electron chi connectivity index (χ0n) is 9.35. The Kier molecular flexibility index (Phi) is 3.40. The number of anilines is 2. The zero-order chi connectivity index (χ0) is 12.3. The quantitative estimate of drug-likeness (QED) is 0.853. The van der Waals surface area contributed by atoms with Crippen LogP contribution < -0.4 is 9.62 Å². The number of nitriles is 1. The number of hydrogen-bond acceptors (Lipinski definition) is 4. The average Bonchev–Trinajstić information content (AvgIpc) is 2.25. The van der Waals surface area contributed by atoms with Crippen LogP contribution >= 0.6 is 0 Å². The minimum atomic E-state index is -3.38. The molecule has 1 aromatic rings. The molecule has 0 fully saturated rings. The third kappa shape index (κ3) is 2.25. The summed E-state index contributed by atoms with van der Waals surface area (Å²) < 4.78 is 24.0. The maximum atomic E-state index is 11.5. The molecular weight excluding hydrogens is 226 g/mol. The monoisotopic (exact) mass is 239 g/mol. The summed E-state index contributed by atoms with van der Waals surface area (Å²) in [6.07, 6.45) is 1.10. The van der Waals surface area contributed by atoms with Crippen molar-refractivity contribution in [1.29, 1.82) is 5.26 Å². The van der Waals surface area contributed by atoms with Gasteiger partial charge < -0.3 is 5.32 Å². The smallest absolute Gasteiger partial charge is 0.232 e. The van der Waals surface area contributed by atoms with E-state index in [0.717, 1.165) is 10.6 Å². The first-order chi connectivity index (χ1) is 7.41. The van der Waals surface area contributed by atoms with Crippen LogP contribution in [0.15, 0.2) is 18.2 Å². The Hall–Kier alpha value is -1.74. The number of hydrogen-bond donors (Lipinski definition) is 1. The Morgan fingerprint density at radius 3 is 2.50 bits per heavy atom. The fraction of sp³-hybridized carbons (Fsp3) is 0.300. The molecule has 1 rings (SSSR count). The standard InChI is InChI=1S/C10H13N3O2S/c1-12-9-6-4-5-8(7-11)10(9)13(2)16(3,14)15/h4-6,12H,1-3H3. The number of para-hydroxylation sites is 1. The molecule has 0 amide bonds. The Labute approximate surface area is 95.4 Å². The molecule has 86 valence electrons. The summed E-state index contributed by atoms with van der Waals surface area (Å²) >= 11 is 0. The van der Waals surface area contributed by atoms with Gasteiger partial charge in [0.2, 0.25) is 10.0 Å². The molecule has 0 aliphatic carbocycles. The molecule has 1 N–H and O–H groups in total. The summed E-state index contributed by atoms with van der Waals surface area (Å²) in [6, 6.07) is 6.98. The third-order valence-corrected chi connectivity index (χ3v) is 3.42. The van der Waals surface area contributed by atoms with Crippen LogP contribution in [0, 0.1) is 11.3 Å². The van der Waals surface area contributed by atoms with Gasteiger partial charge in [0.05, 0.1) is 23.2 Å². The number of nitrogens with zero attached hydrogens (tertiary/aromatic N) is 2. The second-order valence-corrected chi connectivity index (χ2v) is 5.31. The Morgan fingerprint density at radius 1 is 1.44 bits per heavy atom. The zero-order valence-corrected chi connectivity index (χ0v) is 10.2. The number of nitrogens with one attached hydrogen (secondary N) is 1. The van der Waals surface area contributed by atoms with Crippen LogP contribution in [-0.2, 0) is 10.0 Å². The fourth-order valence-electron chi connectivity index (χ4n) is 1.34. The van der Waals surface area contributed by atoms with E-state index in [1.807, 2.05) is 6.07 Å². The maximum absolute atomic E-state index is 11.5. The Balaban J connectivity index is 3.48. The van der Waals surface area contributed by atoms with Crippen LogP contribution in [0.25, 0.3) is 0 Å². The molecule has 5 nitrogen and oxygen atoms in total. The van der Waals surface area contributed by atoms with Crippen LogP contribution in [0.1, 0.15) is 5.56 Å². The van der Waals surface area contributed by atoms with Crippen LogP contribution in [0.4, 0.5) is 11.4 Å². The molecule has 0 atom stereocenters. The van der Waals surface area contributed by atoms with Crippen molar-refractivity contribution in [3.8, 4) is 6.07 Å². The van der Waals surface area contributed by atoms with E-state index in [4.69, 9.17) is 5.26 Å². The normalized spacial score (nSPS) is 10.6. The van der Waals surface area contributed by atoms with E-state index >= 15 is 0 Å². The molecule has 0 spiro atoms. The molecule has 0 unspecified atom stereocenters. The first-order valence-corrected chi connectivity index (χ1v) is 6.41. The Morgan fingerprint density at radius 2 is 2.06 bits per heavy atom. The van der Waals surface area contributed by atoms with E-state index in [0.29, 0.717) is 16.9 Å². The molecule has 0 bridgehead atoms. The van der Waals surface area contributed by atoms with Gasteiger partial charge in [-0.15, -0.1) is 0 Å². The van der Waals surface area contributed by atoms with Crippen LogP contribution in [-0.4, -0.2) is 28.8 Å². The second-order valence-electron chi connectivity index (χ2n) is 3.29. The molecule has 0 saturated heterocycles. The lowest BCUT2D eigenvalue weighted by molar-refractivity contribution is 0.600. The lowest BCUT2D eigenvalue weighted by atomic mass is 10.1. The first-order valence-electron chi connectivity index (χ1n) is 4.56. The largest absolute Gasteiger partial charge is 0.386 e. The van der Waals surface area contributed by atoms with E-state index in [1.54, 1.807) is 25.2 Å². The third-order valence-electron chi connectivity index (χ3n) is 2.24. The highest BCUT2D eigenvalue weighted by molar-refractivity contribution is 7.92. The topological polar surface area (TPSA) is 73.2 Å². The van der Waals surface area contributed by atoms with E-state index in [-0.39, 0.29) is 0 Å². The first kappa shape index (κ1) is 12.3. The highest BCUT2D eigenvalue weighted by atomic mass is 32.2. The van der Waals surface area contributed by atoms with Crippen molar-refractivity contribution in [2.45, 2.75) is 0 Å². The van der Waals surface area contributed by atoms with Gasteiger partial charge in [0.15, 0.2) is 0 Å². The molecule has 0 aliphatic rings. The number of sulfonamides is 1. The highest BCUT2D eigenvalue weighted by Crippen LogP contribution is 2.29. The summed E-state index contributed by atoms with van der Waals surface area (Å²) in [5.74, 6) is 0. The van der Waals surface area contributed by atoms with Gasteiger partial charge in [-0.2, -0.15) is 5.26 Å². The van der Waals surface area contributed by atoms with Gasteiger partial charge in [-0.05, 0) is 12.1 Å². The lowest BCUT2D eigenvalue weighted by Gasteiger charge is -2.21. The molecular formula is C10H13N3O2S.